The van der Waals surface area contributed by atoms with Gasteiger partial charge in [-0.15, -0.1) is 0 Å². The van der Waals surface area contributed by atoms with E-state index in [0.29, 0.717) is 12.8 Å². The van der Waals surface area contributed by atoms with Crippen molar-refractivity contribution in [3.8, 4) is 0 Å². The highest BCUT2D eigenvalue weighted by Gasteiger charge is 2.40. The molecule has 0 bridgehead atoms. The minimum absolute atomic E-state index is 0.202. The van der Waals surface area contributed by atoms with Crippen molar-refractivity contribution < 1.29 is 23.4 Å². The minimum Gasteiger partial charge on any atom is -0.469 e. The van der Waals surface area contributed by atoms with Crippen molar-refractivity contribution in [2.24, 2.45) is 11.8 Å². The second-order valence-electron chi connectivity index (χ2n) is 4.27. The van der Waals surface area contributed by atoms with E-state index in [0.717, 1.165) is 26.4 Å². The summed E-state index contributed by atoms with van der Waals surface area (Å²) < 4.78 is 29.7. The average Bonchev–Trinajstić information content (AvgIpc) is 2.29. The molecule has 0 amide bonds. The van der Waals surface area contributed by atoms with E-state index >= 15 is 0 Å². The molecule has 0 spiro atoms. The Morgan fingerprint density at radius 3 is 2.31 bits per heavy atom. The van der Waals surface area contributed by atoms with E-state index in [1.165, 1.54) is 0 Å². The monoisotopic (exact) mass is 236 g/mol. The van der Waals surface area contributed by atoms with Gasteiger partial charge in [0.25, 0.3) is 6.43 Å². The van der Waals surface area contributed by atoms with Crippen molar-refractivity contribution in [3.63, 3.8) is 0 Å². The number of aliphatic hydroxyl groups is 1. The maximum Gasteiger partial charge on any atom is 0.317 e. The van der Waals surface area contributed by atoms with Gasteiger partial charge in [0, 0.05) is 0 Å². The zero-order valence-corrected chi connectivity index (χ0v) is 9.36. The molecule has 0 heterocycles. The van der Waals surface area contributed by atoms with Crippen LogP contribution in [0.1, 0.15) is 32.1 Å². The van der Waals surface area contributed by atoms with E-state index in [4.69, 9.17) is 0 Å². The number of carbonyl (C=O) groups is 1. The number of methoxy groups -OCH3 is 1. The summed E-state index contributed by atoms with van der Waals surface area (Å²) in [5.41, 5.74) is 0. The summed E-state index contributed by atoms with van der Waals surface area (Å²) in [7, 11) is 1.06. The van der Waals surface area contributed by atoms with E-state index in [9.17, 15) is 18.7 Å². The first kappa shape index (κ1) is 13.4. The van der Waals surface area contributed by atoms with Crippen LogP contribution in [-0.2, 0) is 9.53 Å². The molecular weight excluding hydrogens is 218 g/mol. The van der Waals surface area contributed by atoms with Crippen LogP contribution in [0, 0.1) is 11.8 Å². The molecule has 0 aromatic heterocycles. The van der Waals surface area contributed by atoms with Crippen molar-refractivity contribution in [2.45, 2.75) is 44.6 Å². The first-order valence-electron chi connectivity index (χ1n) is 5.62. The van der Waals surface area contributed by atoms with Crippen molar-refractivity contribution in [3.05, 3.63) is 0 Å². The van der Waals surface area contributed by atoms with E-state index in [1.807, 2.05) is 0 Å². The van der Waals surface area contributed by atoms with Gasteiger partial charge in [-0.2, -0.15) is 0 Å². The van der Waals surface area contributed by atoms with Crippen molar-refractivity contribution in [1.29, 1.82) is 0 Å². The molecule has 0 aliphatic heterocycles. The summed E-state index contributed by atoms with van der Waals surface area (Å²) in [6.07, 6.45) is 0.193. The van der Waals surface area contributed by atoms with Gasteiger partial charge in [0.05, 0.1) is 13.2 Å². The molecule has 1 aliphatic rings. The largest absolute Gasteiger partial charge is 0.469 e. The molecule has 1 aliphatic carbocycles. The highest BCUT2D eigenvalue weighted by atomic mass is 19.3. The fourth-order valence-electron chi connectivity index (χ4n) is 2.30. The van der Waals surface area contributed by atoms with Crippen LogP contribution < -0.4 is 0 Å². The molecule has 5 heteroatoms. The zero-order valence-electron chi connectivity index (χ0n) is 9.36. The van der Waals surface area contributed by atoms with Gasteiger partial charge in [0.2, 0.25) is 0 Å². The molecule has 1 fully saturated rings. The molecule has 94 valence electrons. The molecule has 0 aromatic carbocycles. The van der Waals surface area contributed by atoms with Crippen LogP contribution in [-0.4, -0.2) is 30.7 Å². The van der Waals surface area contributed by atoms with Gasteiger partial charge in [-0.3, -0.25) is 4.79 Å². The number of hydrogen-bond acceptors (Lipinski definition) is 3. The summed E-state index contributed by atoms with van der Waals surface area (Å²) in [5.74, 6) is -2.92. The first-order chi connectivity index (χ1) is 7.57. The topological polar surface area (TPSA) is 46.5 Å². The van der Waals surface area contributed by atoms with Gasteiger partial charge in [0.15, 0.2) is 0 Å². The molecule has 2 atom stereocenters. The standard InChI is InChI=1S/C11H18F2O3/c1-16-11(15)8(10(12)13)9(14)7-5-3-2-4-6-7/h7-10,14H,2-6H2,1H3. The van der Waals surface area contributed by atoms with E-state index in [2.05, 4.69) is 4.74 Å². The lowest BCUT2D eigenvalue weighted by atomic mass is 9.80. The fraction of sp³-hybridized carbons (Fsp3) is 0.909. The lowest BCUT2D eigenvalue weighted by molar-refractivity contribution is -0.160. The van der Waals surface area contributed by atoms with Crippen LogP contribution in [0.3, 0.4) is 0 Å². The molecule has 2 unspecified atom stereocenters. The number of rotatable bonds is 4. The normalized spacial score (nSPS) is 21.8. The third-order valence-corrected chi connectivity index (χ3v) is 3.25. The second-order valence-corrected chi connectivity index (χ2v) is 4.27. The van der Waals surface area contributed by atoms with E-state index in [-0.39, 0.29) is 5.92 Å². The number of esters is 1. The number of halogens is 2. The number of carbonyl (C=O) groups excluding carboxylic acids is 1. The SMILES string of the molecule is COC(=O)C(C(F)F)C(O)C1CCCCC1. The van der Waals surface area contributed by atoms with Gasteiger partial charge in [-0.05, 0) is 18.8 Å². The van der Waals surface area contributed by atoms with Crippen molar-refractivity contribution >= 4 is 5.97 Å². The lowest BCUT2D eigenvalue weighted by Crippen LogP contribution is -2.40. The maximum absolute atomic E-state index is 12.7. The second kappa shape index (κ2) is 6.13. The highest BCUT2D eigenvalue weighted by molar-refractivity contribution is 5.73. The predicted octanol–water partition coefficient (Wildman–Crippen LogP) is 1.98. The van der Waals surface area contributed by atoms with Crippen LogP contribution in [0.15, 0.2) is 0 Å². The third kappa shape index (κ3) is 3.14. The molecule has 1 saturated carbocycles. The van der Waals surface area contributed by atoms with Crippen LogP contribution in [0.25, 0.3) is 0 Å². The Labute approximate surface area is 93.8 Å². The highest BCUT2D eigenvalue weighted by Crippen LogP contribution is 2.32. The predicted molar refractivity (Wildman–Crippen MR) is 54.1 cm³/mol. The molecule has 1 N–H and O–H groups in total. The summed E-state index contributed by atoms with van der Waals surface area (Å²) in [6, 6.07) is 0. The summed E-state index contributed by atoms with van der Waals surface area (Å²) in [6.45, 7) is 0. The Morgan fingerprint density at radius 2 is 1.88 bits per heavy atom. The van der Waals surface area contributed by atoms with E-state index in [1.54, 1.807) is 0 Å². The van der Waals surface area contributed by atoms with Gasteiger partial charge < -0.3 is 9.84 Å². The first-order valence-corrected chi connectivity index (χ1v) is 5.62. The third-order valence-electron chi connectivity index (χ3n) is 3.25. The molecule has 16 heavy (non-hydrogen) atoms. The summed E-state index contributed by atoms with van der Waals surface area (Å²) >= 11 is 0. The Hall–Kier alpha value is -0.710. The summed E-state index contributed by atoms with van der Waals surface area (Å²) in [5, 5.41) is 9.82. The Kier molecular flexibility index (Phi) is 5.12. The Balaban J connectivity index is 2.65. The quantitative estimate of drug-likeness (QED) is 0.759. The molecular formula is C11H18F2O3. The number of aliphatic hydroxyl groups excluding tert-OH is 1. The number of alkyl halides is 2. The number of hydrogen-bond donors (Lipinski definition) is 1. The molecule has 3 nitrogen and oxygen atoms in total. The van der Waals surface area contributed by atoms with Gasteiger partial charge >= 0.3 is 5.97 Å². The smallest absolute Gasteiger partial charge is 0.317 e. The van der Waals surface area contributed by atoms with Crippen LogP contribution in [0.5, 0.6) is 0 Å². The maximum atomic E-state index is 12.7. The molecule has 0 saturated heterocycles. The Morgan fingerprint density at radius 1 is 1.31 bits per heavy atom. The van der Waals surface area contributed by atoms with E-state index < -0.39 is 24.4 Å². The van der Waals surface area contributed by atoms with Crippen LogP contribution in [0.4, 0.5) is 8.78 Å². The fourth-order valence-corrected chi connectivity index (χ4v) is 2.30. The molecule has 1 rings (SSSR count). The minimum atomic E-state index is -2.87. The number of ether oxygens (including phenoxy) is 1. The summed E-state index contributed by atoms with van der Waals surface area (Å²) in [4.78, 5) is 11.2. The lowest BCUT2D eigenvalue weighted by Gasteiger charge is -2.30. The van der Waals surface area contributed by atoms with Gasteiger partial charge in [-0.25, -0.2) is 8.78 Å². The van der Waals surface area contributed by atoms with Gasteiger partial charge in [0.1, 0.15) is 5.92 Å². The van der Waals surface area contributed by atoms with Crippen molar-refractivity contribution in [2.75, 3.05) is 7.11 Å². The van der Waals surface area contributed by atoms with Gasteiger partial charge in [-0.1, -0.05) is 19.3 Å². The molecule has 0 radical (unpaired) electrons. The van der Waals surface area contributed by atoms with Crippen molar-refractivity contribution in [1.82, 2.24) is 0 Å². The van der Waals surface area contributed by atoms with Crippen LogP contribution in [0.2, 0.25) is 0 Å². The zero-order chi connectivity index (χ0) is 12.1. The average molecular weight is 236 g/mol. The van der Waals surface area contributed by atoms with Crippen LogP contribution >= 0.6 is 0 Å². The Bertz CT molecular complexity index is 227. The molecule has 0 aromatic rings.